The number of halogens is 1. The van der Waals surface area contributed by atoms with Gasteiger partial charge in [-0.25, -0.2) is 14.2 Å². The number of benzene rings is 2. The molecule has 0 amide bonds. The Morgan fingerprint density at radius 2 is 1.72 bits per heavy atom. The van der Waals surface area contributed by atoms with Crippen molar-refractivity contribution in [2.45, 2.75) is 13.8 Å². The zero-order valence-electron chi connectivity index (χ0n) is 13.8. The van der Waals surface area contributed by atoms with Crippen molar-refractivity contribution in [3.8, 4) is 17.4 Å². The normalized spacial score (nSPS) is 10.4. The fraction of sp³-hybridized carbons (Fsp3) is 0.100. The van der Waals surface area contributed by atoms with Crippen LogP contribution in [0.5, 0.6) is 17.4 Å². The molecule has 5 heteroatoms. The summed E-state index contributed by atoms with van der Waals surface area (Å²) in [5, 5.41) is 0. The van der Waals surface area contributed by atoms with Crippen molar-refractivity contribution >= 4 is 5.97 Å². The van der Waals surface area contributed by atoms with Gasteiger partial charge in [-0.1, -0.05) is 23.8 Å². The quantitative estimate of drug-likeness (QED) is 0.504. The summed E-state index contributed by atoms with van der Waals surface area (Å²) >= 11 is 0. The molecule has 0 N–H and O–H groups in total. The van der Waals surface area contributed by atoms with Crippen LogP contribution in [-0.2, 0) is 0 Å². The Morgan fingerprint density at radius 1 is 1.00 bits per heavy atom. The second kappa shape index (κ2) is 7.13. The lowest BCUT2D eigenvalue weighted by Crippen LogP contribution is -2.11. The molecule has 3 rings (SSSR count). The number of hydrogen-bond donors (Lipinski definition) is 0. The van der Waals surface area contributed by atoms with Crippen LogP contribution in [0.1, 0.15) is 21.5 Å². The first-order valence-corrected chi connectivity index (χ1v) is 7.71. The second-order valence-corrected chi connectivity index (χ2v) is 5.59. The maximum Gasteiger partial charge on any atom is 0.349 e. The summed E-state index contributed by atoms with van der Waals surface area (Å²) in [5.41, 5.74) is 1.94. The summed E-state index contributed by atoms with van der Waals surface area (Å²) in [7, 11) is 0. The van der Waals surface area contributed by atoms with Crippen molar-refractivity contribution in [1.29, 1.82) is 0 Å². The van der Waals surface area contributed by atoms with Gasteiger partial charge in [0.1, 0.15) is 11.3 Å². The van der Waals surface area contributed by atoms with Crippen molar-refractivity contribution in [1.82, 2.24) is 4.98 Å². The Labute approximate surface area is 144 Å². The van der Waals surface area contributed by atoms with Crippen LogP contribution >= 0.6 is 0 Å². The lowest BCUT2D eigenvalue weighted by atomic mass is 10.2. The SMILES string of the molecule is Cc1ccc(OC(=O)c2cccnc2Oc2ccc(C)cc2F)cc1. The van der Waals surface area contributed by atoms with Gasteiger partial charge in [0, 0.05) is 6.20 Å². The van der Waals surface area contributed by atoms with Crippen molar-refractivity contribution in [3.05, 3.63) is 83.3 Å². The predicted molar refractivity (Wildman–Crippen MR) is 91.6 cm³/mol. The highest BCUT2D eigenvalue weighted by Crippen LogP contribution is 2.27. The van der Waals surface area contributed by atoms with Crippen molar-refractivity contribution in [3.63, 3.8) is 0 Å². The summed E-state index contributed by atoms with van der Waals surface area (Å²) in [5.74, 6) is -0.758. The van der Waals surface area contributed by atoms with Crippen molar-refractivity contribution < 1.29 is 18.7 Å². The first-order valence-electron chi connectivity index (χ1n) is 7.71. The third kappa shape index (κ3) is 4.01. The molecule has 0 saturated heterocycles. The van der Waals surface area contributed by atoms with Crippen LogP contribution in [0.15, 0.2) is 60.8 Å². The molecule has 0 spiro atoms. The number of hydrogen-bond acceptors (Lipinski definition) is 4. The summed E-state index contributed by atoms with van der Waals surface area (Å²) < 4.78 is 24.8. The van der Waals surface area contributed by atoms with Crippen LogP contribution < -0.4 is 9.47 Å². The van der Waals surface area contributed by atoms with Crippen LogP contribution in [0.2, 0.25) is 0 Å². The Morgan fingerprint density at radius 3 is 2.44 bits per heavy atom. The Balaban J connectivity index is 1.85. The Hall–Kier alpha value is -3.21. The Kier molecular flexibility index (Phi) is 4.75. The molecule has 0 bridgehead atoms. The lowest BCUT2D eigenvalue weighted by Gasteiger charge is -2.10. The fourth-order valence-corrected chi connectivity index (χ4v) is 2.19. The molecule has 0 aliphatic rings. The number of aromatic nitrogens is 1. The van der Waals surface area contributed by atoms with Gasteiger partial charge in [0.05, 0.1) is 0 Å². The molecule has 0 radical (unpaired) electrons. The zero-order valence-corrected chi connectivity index (χ0v) is 13.8. The van der Waals surface area contributed by atoms with E-state index in [1.54, 1.807) is 31.2 Å². The van der Waals surface area contributed by atoms with Gasteiger partial charge in [0.25, 0.3) is 0 Å². The third-order valence-corrected chi connectivity index (χ3v) is 3.52. The number of carbonyl (C=O) groups excluding carboxylic acids is 1. The lowest BCUT2D eigenvalue weighted by molar-refractivity contribution is 0.0731. The van der Waals surface area contributed by atoms with Crippen LogP contribution in [0.3, 0.4) is 0 Å². The zero-order chi connectivity index (χ0) is 17.8. The van der Waals surface area contributed by atoms with Gasteiger partial charge in [-0.3, -0.25) is 0 Å². The predicted octanol–water partition coefficient (Wildman–Crippen LogP) is 4.85. The minimum Gasteiger partial charge on any atom is -0.435 e. The fourth-order valence-electron chi connectivity index (χ4n) is 2.19. The molecule has 0 unspecified atom stereocenters. The number of aryl methyl sites for hydroxylation is 2. The van der Waals surface area contributed by atoms with Gasteiger partial charge < -0.3 is 9.47 Å². The van der Waals surface area contributed by atoms with E-state index in [1.807, 2.05) is 19.1 Å². The average molecular weight is 337 g/mol. The smallest absolute Gasteiger partial charge is 0.349 e. The van der Waals surface area contributed by atoms with E-state index in [1.165, 1.54) is 24.4 Å². The average Bonchev–Trinajstić information content (AvgIpc) is 2.60. The van der Waals surface area contributed by atoms with Gasteiger partial charge in [-0.2, -0.15) is 0 Å². The van der Waals surface area contributed by atoms with Gasteiger partial charge in [-0.15, -0.1) is 0 Å². The molecule has 0 atom stereocenters. The number of rotatable bonds is 4. The van der Waals surface area contributed by atoms with E-state index in [-0.39, 0.29) is 17.2 Å². The first-order chi connectivity index (χ1) is 12.0. The van der Waals surface area contributed by atoms with E-state index in [2.05, 4.69) is 4.98 Å². The molecule has 1 heterocycles. The molecule has 25 heavy (non-hydrogen) atoms. The standard InChI is InChI=1S/C20H16FNO3/c1-13-5-8-15(9-6-13)24-20(23)16-4-3-11-22-19(16)25-18-10-7-14(2)12-17(18)21/h3-12H,1-2H3. The third-order valence-electron chi connectivity index (χ3n) is 3.52. The van der Waals surface area contributed by atoms with E-state index in [4.69, 9.17) is 9.47 Å². The topological polar surface area (TPSA) is 48.4 Å². The van der Waals surface area contributed by atoms with Crippen LogP contribution in [0, 0.1) is 19.7 Å². The molecular weight excluding hydrogens is 321 g/mol. The molecule has 126 valence electrons. The molecule has 3 aromatic rings. The van der Waals surface area contributed by atoms with Crippen LogP contribution in [0.4, 0.5) is 4.39 Å². The molecule has 0 aliphatic heterocycles. The molecule has 0 saturated carbocycles. The maximum absolute atomic E-state index is 14.0. The minimum absolute atomic E-state index is 0.00585. The molecule has 0 aliphatic carbocycles. The maximum atomic E-state index is 14.0. The molecular formula is C20H16FNO3. The number of esters is 1. The van der Waals surface area contributed by atoms with E-state index in [0.717, 1.165) is 11.1 Å². The van der Waals surface area contributed by atoms with Crippen LogP contribution in [-0.4, -0.2) is 11.0 Å². The molecule has 1 aromatic heterocycles. The highest BCUT2D eigenvalue weighted by atomic mass is 19.1. The molecule has 4 nitrogen and oxygen atoms in total. The van der Waals surface area contributed by atoms with E-state index in [0.29, 0.717) is 5.75 Å². The Bertz CT molecular complexity index is 907. The number of ether oxygens (including phenoxy) is 2. The summed E-state index contributed by atoms with van der Waals surface area (Å²) in [6, 6.07) is 14.7. The van der Waals surface area contributed by atoms with E-state index < -0.39 is 11.8 Å². The number of carbonyl (C=O) groups is 1. The molecule has 0 fully saturated rings. The first kappa shape index (κ1) is 16.6. The molecule has 2 aromatic carbocycles. The largest absolute Gasteiger partial charge is 0.435 e. The monoisotopic (exact) mass is 337 g/mol. The minimum atomic E-state index is -0.625. The highest BCUT2D eigenvalue weighted by molar-refractivity contribution is 5.93. The number of pyridine rings is 1. The summed E-state index contributed by atoms with van der Waals surface area (Å²) in [4.78, 5) is 16.4. The number of nitrogens with zero attached hydrogens (tertiary/aromatic N) is 1. The van der Waals surface area contributed by atoms with Gasteiger partial charge in [0.15, 0.2) is 11.6 Å². The van der Waals surface area contributed by atoms with E-state index in [9.17, 15) is 9.18 Å². The van der Waals surface area contributed by atoms with E-state index >= 15 is 0 Å². The summed E-state index contributed by atoms with van der Waals surface area (Å²) in [6.45, 7) is 3.72. The van der Waals surface area contributed by atoms with Gasteiger partial charge >= 0.3 is 5.97 Å². The highest BCUT2D eigenvalue weighted by Gasteiger charge is 2.18. The van der Waals surface area contributed by atoms with Gasteiger partial charge in [0.2, 0.25) is 5.88 Å². The summed E-state index contributed by atoms with van der Waals surface area (Å²) in [6.07, 6.45) is 1.46. The second-order valence-electron chi connectivity index (χ2n) is 5.59. The van der Waals surface area contributed by atoms with Gasteiger partial charge in [-0.05, 0) is 55.8 Å². The van der Waals surface area contributed by atoms with Crippen molar-refractivity contribution in [2.75, 3.05) is 0 Å². The van der Waals surface area contributed by atoms with Crippen LogP contribution in [0.25, 0.3) is 0 Å². The van der Waals surface area contributed by atoms with Crippen molar-refractivity contribution in [2.24, 2.45) is 0 Å².